The Kier molecular flexibility index (Phi) is 2.14. The lowest BCUT2D eigenvalue weighted by molar-refractivity contribution is 0.506. The van der Waals surface area contributed by atoms with Crippen molar-refractivity contribution in [1.29, 1.82) is 0 Å². The largest absolute Gasteiger partial charge is 0.197 e. The monoisotopic (exact) mass is 175 g/mol. The van der Waals surface area contributed by atoms with Crippen LogP contribution in [0.1, 0.15) is 44.0 Å². The number of rotatable bonds is 0. The minimum absolute atomic E-state index is 0.289. The number of aromatic nitrogens is 3. The summed E-state index contributed by atoms with van der Waals surface area (Å²) in [5, 5.41) is 10.7. The molecule has 0 amide bonds. The summed E-state index contributed by atoms with van der Waals surface area (Å²) in [4.78, 5) is 0. The molecule has 1 atom stereocenters. The van der Waals surface area contributed by atoms with Gasteiger partial charge in [-0.25, -0.2) is 0 Å². The van der Waals surface area contributed by atoms with Crippen LogP contribution in [0.15, 0.2) is 0 Å². The van der Waals surface area contributed by atoms with Crippen LogP contribution in [0.5, 0.6) is 0 Å². The number of H-pyrrole nitrogens is 1. The van der Waals surface area contributed by atoms with Gasteiger partial charge in [-0.15, -0.1) is 0 Å². The van der Waals surface area contributed by atoms with E-state index in [4.69, 9.17) is 7.85 Å². The van der Waals surface area contributed by atoms with E-state index < -0.39 is 0 Å². The fourth-order valence-electron chi connectivity index (χ4n) is 1.96. The number of hydrogen-bond acceptors (Lipinski definition) is 2. The number of nitrogens with one attached hydrogen (secondary N) is 1. The zero-order chi connectivity index (χ0) is 9.31. The summed E-state index contributed by atoms with van der Waals surface area (Å²) in [7, 11) is 6.18. The molecule has 1 N–H and O–H groups in total. The Labute approximate surface area is 79.7 Å². The van der Waals surface area contributed by atoms with Gasteiger partial charge in [0.1, 0.15) is 0 Å². The van der Waals surface area contributed by atoms with Crippen LogP contribution in [0.25, 0.3) is 0 Å². The fraction of sp³-hybridized carbons (Fsp3) is 0.778. The van der Waals surface area contributed by atoms with Gasteiger partial charge in [0.25, 0.3) is 0 Å². The molecule has 13 heavy (non-hydrogen) atoms. The zero-order valence-corrected chi connectivity index (χ0v) is 8.01. The maximum Gasteiger partial charge on any atom is 0.0854 e. The molecule has 1 unspecified atom stereocenters. The highest BCUT2D eigenvalue weighted by Gasteiger charge is 2.27. The molecule has 68 valence electrons. The molecule has 1 aromatic heterocycles. The number of hydrogen-bond donors (Lipinski definition) is 1. The number of aromatic amines is 1. The van der Waals surface area contributed by atoms with Crippen LogP contribution in [0, 0.1) is 0 Å². The summed E-state index contributed by atoms with van der Waals surface area (Å²) in [6, 6.07) is 0. The van der Waals surface area contributed by atoms with Crippen molar-refractivity contribution in [1.82, 2.24) is 15.4 Å². The second-order valence-corrected chi connectivity index (χ2v) is 4.10. The summed E-state index contributed by atoms with van der Waals surface area (Å²) in [5.41, 5.74) is 2.02. The van der Waals surface area contributed by atoms with Gasteiger partial charge in [-0.3, -0.25) is 0 Å². The summed E-state index contributed by atoms with van der Waals surface area (Å²) in [5.74, 6) is 0. The molecule has 2 rings (SSSR count). The third-order valence-electron chi connectivity index (χ3n) is 2.77. The van der Waals surface area contributed by atoms with E-state index in [9.17, 15) is 0 Å². The van der Waals surface area contributed by atoms with Crippen LogP contribution in [0.2, 0.25) is 0 Å². The van der Waals surface area contributed by atoms with Crippen molar-refractivity contribution < 1.29 is 0 Å². The maximum absolute atomic E-state index is 6.18. The Balaban J connectivity index is 2.36. The molecule has 0 fully saturated rings. The average molecular weight is 175 g/mol. The van der Waals surface area contributed by atoms with Crippen LogP contribution in [0.3, 0.4) is 0 Å². The van der Waals surface area contributed by atoms with E-state index in [0.29, 0.717) is 0 Å². The van der Waals surface area contributed by atoms with E-state index >= 15 is 0 Å². The number of nitrogens with zero attached hydrogens (tertiary/aromatic N) is 2. The van der Waals surface area contributed by atoms with Gasteiger partial charge in [0, 0.05) is 0 Å². The molecular formula is C9H14BN3. The molecule has 0 bridgehead atoms. The first kappa shape index (κ1) is 8.79. The van der Waals surface area contributed by atoms with Gasteiger partial charge < -0.3 is 0 Å². The third kappa shape index (κ3) is 1.62. The summed E-state index contributed by atoms with van der Waals surface area (Å²) >= 11 is 0. The molecule has 0 saturated carbocycles. The minimum Gasteiger partial charge on any atom is -0.197 e. The highest BCUT2D eigenvalue weighted by atomic mass is 15.3. The third-order valence-corrected chi connectivity index (χ3v) is 2.77. The van der Waals surface area contributed by atoms with Gasteiger partial charge in [0.2, 0.25) is 0 Å². The van der Waals surface area contributed by atoms with E-state index in [1.54, 1.807) is 0 Å². The lowest BCUT2D eigenvalue weighted by Crippen LogP contribution is -2.25. The average Bonchev–Trinajstić information content (AvgIpc) is 2.49. The van der Waals surface area contributed by atoms with Gasteiger partial charge in [0.15, 0.2) is 0 Å². The Bertz CT molecular complexity index is 293. The SMILES string of the molecule is [B]C1(C)CCCCCc2n[nH]nc21. The Hall–Kier alpha value is -0.795. The number of fused-ring (bicyclic) bond motifs is 1. The van der Waals surface area contributed by atoms with Crippen LogP contribution < -0.4 is 0 Å². The highest BCUT2D eigenvalue weighted by molar-refractivity contribution is 6.15. The molecule has 1 aliphatic carbocycles. The predicted octanol–water partition coefficient (Wildman–Crippen LogP) is 1.30. The highest BCUT2D eigenvalue weighted by Crippen LogP contribution is 2.29. The smallest absolute Gasteiger partial charge is 0.0854 e. The molecule has 4 heteroatoms. The Morgan fingerprint density at radius 3 is 3.00 bits per heavy atom. The van der Waals surface area contributed by atoms with Crippen LogP contribution in [-0.2, 0) is 11.7 Å². The molecule has 1 aromatic rings. The van der Waals surface area contributed by atoms with Crippen LogP contribution in [0.4, 0.5) is 0 Å². The van der Waals surface area contributed by atoms with E-state index in [1.165, 1.54) is 19.3 Å². The van der Waals surface area contributed by atoms with Gasteiger partial charge in [-0.05, 0) is 18.2 Å². The van der Waals surface area contributed by atoms with E-state index in [0.717, 1.165) is 24.2 Å². The van der Waals surface area contributed by atoms with Crippen molar-refractivity contribution in [2.24, 2.45) is 0 Å². The molecule has 3 nitrogen and oxygen atoms in total. The van der Waals surface area contributed by atoms with Crippen molar-refractivity contribution in [2.45, 2.75) is 44.3 Å². The summed E-state index contributed by atoms with van der Waals surface area (Å²) in [6.45, 7) is 2.04. The Morgan fingerprint density at radius 2 is 2.15 bits per heavy atom. The topological polar surface area (TPSA) is 41.6 Å². The van der Waals surface area contributed by atoms with Crippen LogP contribution >= 0.6 is 0 Å². The van der Waals surface area contributed by atoms with Gasteiger partial charge in [-0.1, -0.05) is 26.2 Å². The van der Waals surface area contributed by atoms with E-state index in [2.05, 4.69) is 15.4 Å². The lowest BCUT2D eigenvalue weighted by Gasteiger charge is -2.25. The normalized spacial score (nSPS) is 29.0. The first-order valence-corrected chi connectivity index (χ1v) is 4.89. The van der Waals surface area contributed by atoms with Gasteiger partial charge >= 0.3 is 0 Å². The fourth-order valence-corrected chi connectivity index (χ4v) is 1.96. The van der Waals surface area contributed by atoms with Crippen molar-refractivity contribution in [3.05, 3.63) is 11.4 Å². The van der Waals surface area contributed by atoms with Crippen molar-refractivity contribution in [2.75, 3.05) is 0 Å². The zero-order valence-electron chi connectivity index (χ0n) is 8.01. The molecule has 2 radical (unpaired) electrons. The van der Waals surface area contributed by atoms with Crippen molar-refractivity contribution >= 4 is 7.85 Å². The van der Waals surface area contributed by atoms with Gasteiger partial charge in [0.05, 0.1) is 19.2 Å². The quantitative estimate of drug-likeness (QED) is 0.604. The predicted molar refractivity (Wildman–Crippen MR) is 51.7 cm³/mol. The van der Waals surface area contributed by atoms with Gasteiger partial charge in [-0.2, -0.15) is 15.4 Å². The maximum atomic E-state index is 6.18. The standard InChI is InChI=1S/C9H14BN3/c1-9(10)6-4-2-3-5-7-8(9)12-13-11-7/h2-6H2,1H3,(H,11,12,13). The van der Waals surface area contributed by atoms with E-state index in [1.807, 2.05) is 6.92 Å². The molecule has 0 aliphatic heterocycles. The summed E-state index contributed by atoms with van der Waals surface area (Å²) in [6.07, 6.45) is 5.67. The second-order valence-electron chi connectivity index (χ2n) is 4.10. The molecular weight excluding hydrogens is 161 g/mol. The van der Waals surface area contributed by atoms with Crippen molar-refractivity contribution in [3.8, 4) is 0 Å². The molecule has 0 spiro atoms. The molecule has 1 aliphatic rings. The Morgan fingerprint density at radius 1 is 1.31 bits per heavy atom. The minimum atomic E-state index is -0.289. The summed E-state index contributed by atoms with van der Waals surface area (Å²) < 4.78 is 0. The second kappa shape index (κ2) is 3.16. The lowest BCUT2D eigenvalue weighted by atomic mass is 9.63. The van der Waals surface area contributed by atoms with Crippen LogP contribution in [-0.4, -0.2) is 23.3 Å². The first-order chi connectivity index (χ1) is 6.20. The number of aryl methyl sites for hydroxylation is 1. The molecule has 1 heterocycles. The molecule has 0 aromatic carbocycles. The first-order valence-electron chi connectivity index (χ1n) is 4.89. The van der Waals surface area contributed by atoms with E-state index in [-0.39, 0.29) is 5.31 Å². The van der Waals surface area contributed by atoms with Crippen molar-refractivity contribution in [3.63, 3.8) is 0 Å². The molecule has 0 saturated heterocycles.